The first kappa shape index (κ1) is 32.8. The van der Waals surface area contributed by atoms with Crippen molar-refractivity contribution in [2.75, 3.05) is 26.4 Å². The lowest BCUT2D eigenvalue weighted by Gasteiger charge is -2.23. The van der Waals surface area contributed by atoms with E-state index in [1.807, 2.05) is 12.2 Å². The minimum absolute atomic E-state index is 0.0290. The summed E-state index contributed by atoms with van der Waals surface area (Å²) < 4.78 is 48.9. The fourth-order valence-electron chi connectivity index (χ4n) is 4.17. The van der Waals surface area contributed by atoms with Crippen molar-refractivity contribution in [3.8, 4) is 5.75 Å². The smallest absolute Gasteiger partial charge is 0.416 e. The van der Waals surface area contributed by atoms with Crippen LogP contribution in [0.3, 0.4) is 0 Å². The molecule has 0 aliphatic heterocycles. The van der Waals surface area contributed by atoms with E-state index < -0.39 is 47.4 Å². The van der Waals surface area contributed by atoms with Crippen molar-refractivity contribution in [3.05, 3.63) is 54.1 Å². The van der Waals surface area contributed by atoms with Crippen LogP contribution in [-0.2, 0) is 15.7 Å². The molecule has 1 saturated carbocycles. The van der Waals surface area contributed by atoms with Crippen molar-refractivity contribution in [1.82, 2.24) is 0 Å². The molecule has 2 rings (SSSR count). The highest BCUT2D eigenvalue weighted by atomic mass is 19.4. The van der Waals surface area contributed by atoms with Gasteiger partial charge in [-0.05, 0) is 43.4 Å². The number of halogens is 3. The van der Waals surface area contributed by atoms with E-state index in [1.165, 1.54) is 18.2 Å². The maximum atomic E-state index is 12.8. The second kappa shape index (κ2) is 15.4. The van der Waals surface area contributed by atoms with E-state index in [1.54, 1.807) is 13.0 Å². The number of aliphatic hydroxyl groups excluding tert-OH is 5. The Bertz CT molecular complexity index is 945. The molecule has 0 radical (unpaired) electrons. The molecule has 5 atom stereocenters. The van der Waals surface area contributed by atoms with Gasteiger partial charge in [-0.25, -0.2) is 0 Å². The van der Waals surface area contributed by atoms with E-state index >= 15 is 0 Å². The summed E-state index contributed by atoms with van der Waals surface area (Å²) in [6.45, 7) is 0.649. The fourth-order valence-corrected chi connectivity index (χ4v) is 4.17. The molecule has 39 heavy (non-hydrogen) atoms. The van der Waals surface area contributed by atoms with Gasteiger partial charge in [0.05, 0.1) is 31.0 Å². The van der Waals surface area contributed by atoms with Crippen molar-refractivity contribution in [1.29, 1.82) is 0 Å². The maximum absolute atomic E-state index is 12.8. The summed E-state index contributed by atoms with van der Waals surface area (Å²) in [7, 11) is 0. The van der Waals surface area contributed by atoms with Crippen LogP contribution in [0.1, 0.15) is 44.6 Å². The molecule has 1 aromatic rings. The molecule has 0 saturated heterocycles. The molecule has 11 heteroatoms. The molecule has 1 aliphatic carbocycles. The summed E-state index contributed by atoms with van der Waals surface area (Å²) in [6, 6.07) is 4.35. The van der Waals surface area contributed by atoms with Crippen LogP contribution >= 0.6 is 0 Å². The second-order valence-electron chi connectivity index (χ2n) is 10.3. The van der Waals surface area contributed by atoms with Gasteiger partial charge >= 0.3 is 12.1 Å². The highest BCUT2D eigenvalue weighted by Gasteiger charge is 2.39. The Morgan fingerprint density at radius 1 is 1.15 bits per heavy atom. The molecule has 8 nitrogen and oxygen atoms in total. The van der Waals surface area contributed by atoms with Gasteiger partial charge in [0.15, 0.2) is 0 Å². The van der Waals surface area contributed by atoms with Gasteiger partial charge < -0.3 is 35.0 Å². The van der Waals surface area contributed by atoms with Gasteiger partial charge in [-0.15, -0.1) is 0 Å². The van der Waals surface area contributed by atoms with Gasteiger partial charge in [0.2, 0.25) is 0 Å². The zero-order chi connectivity index (χ0) is 29.1. The van der Waals surface area contributed by atoms with Gasteiger partial charge in [0.25, 0.3) is 0 Å². The molecular formula is C28H39F3O8. The standard InChI is InChI=1S/C28H39F3O8/c1-27(16-32,17-33)18-39-26(37)10-5-3-2-4-9-22-23(25(36)14-24(22)35)12-11-20(34)15-38-21-8-6-7-19(13-21)28(29,30)31/h2,4,6-8,11-13,20,22-25,32-36H,3,5,9-10,14-18H2,1H3/b4-2+,12-11?/t20-,22-,23-,24+,25-/m1/s1. The van der Waals surface area contributed by atoms with E-state index in [4.69, 9.17) is 9.47 Å². The number of allylic oxidation sites excluding steroid dienone is 2. The summed E-state index contributed by atoms with van der Waals surface area (Å²) in [6.07, 6.45) is 1.46. The summed E-state index contributed by atoms with van der Waals surface area (Å²) in [5, 5.41) is 49.4. The van der Waals surface area contributed by atoms with Crippen LogP contribution in [0, 0.1) is 17.3 Å². The van der Waals surface area contributed by atoms with Gasteiger partial charge in [-0.2, -0.15) is 13.2 Å². The number of benzene rings is 1. The van der Waals surface area contributed by atoms with Crippen LogP contribution in [0.4, 0.5) is 13.2 Å². The van der Waals surface area contributed by atoms with Crippen molar-refractivity contribution < 1.29 is 53.0 Å². The lowest BCUT2D eigenvalue weighted by Crippen LogP contribution is -2.32. The molecule has 5 N–H and O–H groups in total. The van der Waals surface area contributed by atoms with Crippen molar-refractivity contribution >= 4 is 5.97 Å². The Morgan fingerprint density at radius 3 is 2.54 bits per heavy atom. The highest BCUT2D eigenvalue weighted by Crippen LogP contribution is 2.36. The lowest BCUT2D eigenvalue weighted by molar-refractivity contribution is -0.149. The van der Waals surface area contributed by atoms with Gasteiger partial charge in [0.1, 0.15) is 25.1 Å². The molecule has 0 aromatic heterocycles. The van der Waals surface area contributed by atoms with Crippen LogP contribution < -0.4 is 4.74 Å². The largest absolute Gasteiger partial charge is 0.491 e. The lowest BCUT2D eigenvalue weighted by atomic mass is 9.89. The van der Waals surface area contributed by atoms with E-state index in [9.17, 15) is 43.5 Å². The highest BCUT2D eigenvalue weighted by molar-refractivity contribution is 5.69. The van der Waals surface area contributed by atoms with E-state index in [-0.39, 0.29) is 50.9 Å². The third kappa shape index (κ3) is 10.9. The third-order valence-corrected chi connectivity index (χ3v) is 6.73. The Balaban J connectivity index is 1.78. The van der Waals surface area contributed by atoms with Crippen LogP contribution in [0.5, 0.6) is 5.75 Å². The molecule has 0 heterocycles. The minimum atomic E-state index is -4.50. The molecule has 0 unspecified atom stereocenters. The predicted octanol–water partition coefficient (Wildman–Crippen LogP) is 3.01. The average molecular weight is 561 g/mol. The quantitative estimate of drug-likeness (QED) is 0.126. The first-order chi connectivity index (χ1) is 18.4. The Morgan fingerprint density at radius 2 is 1.87 bits per heavy atom. The van der Waals surface area contributed by atoms with Crippen molar-refractivity contribution in [2.24, 2.45) is 17.3 Å². The third-order valence-electron chi connectivity index (χ3n) is 6.73. The zero-order valence-electron chi connectivity index (χ0n) is 22.0. The van der Waals surface area contributed by atoms with Crippen LogP contribution in [-0.4, -0.2) is 76.2 Å². The molecule has 1 aliphatic rings. The molecular weight excluding hydrogens is 521 g/mol. The number of aliphatic hydroxyl groups is 5. The molecule has 1 aromatic carbocycles. The molecule has 1 fully saturated rings. The number of carbonyl (C=O) groups excluding carboxylic acids is 1. The zero-order valence-corrected chi connectivity index (χ0v) is 22.0. The monoisotopic (exact) mass is 560 g/mol. The van der Waals surface area contributed by atoms with Gasteiger partial charge in [0, 0.05) is 24.2 Å². The normalized spacial score (nSPS) is 23.0. The van der Waals surface area contributed by atoms with Crippen LogP contribution in [0.2, 0.25) is 0 Å². The van der Waals surface area contributed by atoms with Crippen molar-refractivity contribution in [3.63, 3.8) is 0 Å². The van der Waals surface area contributed by atoms with Gasteiger partial charge in [-0.1, -0.05) is 37.3 Å². The number of alkyl halides is 3. The first-order valence-electron chi connectivity index (χ1n) is 12.9. The second-order valence-corrected chi connectivity index (χ2v) is 10.3. The molecule has 0 amide bonds. The van der Waals surface area contributed by atoms with E-state index in [0.29, 0.717) is 19.3 Å². The number of ether oxygens (including phenoxy) is 2. The topological polar surface area (TPSA) is 137 Å². The Hall–Kier alpha value is -2.44. The number of carbonyl (C=O) groups is 1. The minimum Gasteiger partial charge on any atom is -0.491 e. The predicted molar refractivity (Wildman–Crippen MR) is 137 cm³/mol. The Kier molecular flexibility index (Phi) is 12.9. The van der Waals surface area contributed by atoms with Crippen molar-refractivity contribution in [2.45, 2.75) is 63.5 Å². The molecule has 220 valence electrons. The molecule has 0 bridgehead atoms. The average Bonchev–Trinajstić information content (AvgIpc) is 3.17. The number of hydrogen-bond acceptors (Lipinski definition) is 8. The van der Waals surface area contributed by atoms with Crippen LogP contribution in [0.25, 0.3) is 0 Å². The van der Waals surface area contributed by atoms with Gasteiger partial charge in [-0.3, -0.25) is 4.79 Å². The summed E-state index contributed by atoms with van der Waals surface area (Å²) >= 11 is 0. The maximum Gasteiger partial charge on any atom is 0.416 e. The number of unbranched alkanes of at least 4 members (excludes halogenated alkanes) is 1. The first-order valence-corrected chi connectivity index (χ1v) is 12.9. The number of hydrogen-bond donors (Lipinski definition) is 5. The van der Waals surface area contributed by atoms with E-state index in [2.05, 4.69) is 0 Å². The van der Waals surface area contributed by atoms with Crippen LogP contribution in [0.15, 0.2) is 48.6 Å². The Labute approximate surface area is 226 Å². The summed E-state index contributed by atoms with van der Waals surface area (Å²) in [4.78, 5) is 11.8. The molecule has 0 spiro atoms. The summed E-state index contributed by atoms with van der Waals surface area (Å²) in [5.74, 6) is -1.19. The SMILES string of the molecule is CC(CO)(CO)COC(=O)CCC/C=C/C[C@@H]1[C@@H](C=C[C@@H](O)COc2cccc(C(F)(F)F)c2)[C@H](O)C[C@@H]1O. The fraction of sp³-hybridized carbons (Fsp3) is 0.607. The number of esters is 1. The number of rotatable bonds is 15. The summed E-state index contributed by atoms with van der Waals surface area (Å²) in [5.41, 5.74) is -1.73. The van der Waals surface area contributed by atoms with E-state index in [0.717, 1.165) is 12.1 Å².